The number of fused-ring (bicyclic) bond motifs is 1. The Kier molecular flexibility index (Phi) is 3.34. The van der Waals surface area contributed by atoms with E-state index in [1.807, 2.05) is 0 Å². The van der Waals surface area contributed by atoms with Crippen LogP contribution in [0.2, 0.25) is 0 Å². The monoisotopic (exact) mass is 217 g/mol. The summed E-state index contributed by atoms with van der Waals surface area (Å²) in [5.74, 6) is 0. The lowest BCUT2D eigenvalue weighted by molar-refractivity contribution is 0.385. The van der Waals surface area contributed by atoms with E-state index in [1.54, 1.807) is 11.1 Å². The van der Waals surface area contributed by atoms with E-state index in [0.717, 1.165) is 0 Å². The topological polar surface area (TPSA) is 12.0 Å². The molecule has 0 bridgehead atoms. The molecule has 2 unspecified atom stereocenters. The number of benzene rings is 1. The Morgan fingerprint density at radius 1 is 1.19 bits per heavy atom. The Morgan fingerprint density at radius 3 is 2.56 bits per heavy atom. The van der Waals surface area contributed by atoms with Crippen molar-refractivity contribution in [3.05, 3.63) is 34.4 Å². The fraction of sp³-hybridized carbons (Fsp3) is 0.600. The van der Waals surface area contributed by atoms with Gasteiger partial charge in [-0.2, -0.15) is 0 Å². The van der Waals surface area contributed by atoms with E-state index in [-0.39, 0.29) is 0 Å². The highest BCUT2D eigenvalue weighted by Crippen LogP contribution is 2.31. The molecule has 1 aliphatic heterocycles. The van der Waals surface area contributed by atoms with Crippen molar-refractivity contribution in [1.82, 2.24) is 5.32 Å². The van der Waals surface area contributed by atoms with Crippen molar-refractivity contribution in [3.63, 3.8) is 0 Å². The third-order valence-corrected chi connectivity index (χ3v) is 3.82. The molecule has 0 saturated heterocycles. The average molecular weight is 217 g/mol. The normalized spacial score (nSPS) is 24.2. The van der Waals surface area contributed by atoms with Crippen LogP contribution in [-0.4, -0.2) is 6.04 Å². The number of rotatable bonds is 2. The maximum Gasteiger partial charge on any atom is 0.0323 e. The fourth-order valence-corrected chi connectivity index (χ4v) is 2.90. The van der Waals surface area contributed by atoms with Crippen molar-refractivity contribution in [1.29, 1.82) is 0 Å². The first-order valence-corrected chi connectivity index (χ1v) is 6.51. The molecular weight excluding hydrogens is 194 g/mol. The van der Waals surface area contributed by atoms with Crippen LogP contribution in [0.4, 0.5) is 0 Å². The van der Waals surface area contributed by atoms with Crippen LogP contribution in [0.3, 0.4) is 0 Å². The molecule has 0 radical (unpaired) electrons. The van der Waals surface area contributed by atoms with Crippen molar-refractivity contribution in [2.24, 2.45) is 0 Å². The molecule has 1 heteroatoms. The van der Waals surface area contributed by atoms with Crippen LogP contribution >= 0.6 is 0 Å². The van der Waals surface area contributed by atoms with Gasteiger partial charge in [-0.15, -0.1) is 0 Å². The second-order valence-corrected chi connectivity index (χ2v) is 5.09. The van der Waals surface area contributed by atoms with Crippen molar-refractivity contribution < 1.29 is 0 Å². The first-order chi connectivity index (χ1) is 7.65. The minimum Gasteiger partial charge on any atom is -0.307 e. The zero-order valence-corrected chi connectivity index (χ0v) is 10.9. The molecule has 16 heavy (non-hydrogen) atoms. The van der Waals surface area contributed by atoms with Gasteiger partial charge in [0.25, 0.3) is 0 Å². The molecule has 0 aliphatic carbocycles. The molecule has 1 N–H and O–H groups in total. The van der Waals surface area contributed by atoms with Crippen molar-refractivity contribution >= 4 is 0 Å². The Morgan fingerprint density at radius 2 is 1.94 bits per heavy atom. The lowest BCUT2D eigenvalue weighted by atomic mass is 9.84. The summed E-state index contributed by atoms with van der Waals surface area (Å²) in [6.45, 7) is 9.01. The third-order valence-electron chi connectivity index (χ3n) is 3.82. The van der Waals surface area contributed by atoms with Gasteiger partial charge in [0.1, 0.15) is 0 Å². The molecule has 0 aromatic heterocycles. The molecule has 88 valence electrons. The summed E-state index contributed by atoms with van der Waals surface area (Å²) in [6.07, 6.45) is 3.62. The van der Waals surface area contributed by atoms with Gasteiger partial charge in [0.15, 0.2) is 0 Å². The van der Waals surface area contributed by atoms with Gasteiger partial charge in [-0.25, -0.2) is 0 Å². The van der Waals surface area contributed by atoms with Gasteiger partial charge in [-0.3, -0.25) is 0 Å². The molecule has 0 amide bonds. The SMILES string of the molecule is CCC1Cc2c(C)cc(C)cc2C(CC)N1. The molecule has 0 fully saturated rings. The predicted molar refractivity (Wildman–Crippen MR) is 69.9 cm³/mol. The average Bonchev–Trinajstić information content (AvgIpc) is 2.28. The number of hydrogen-bond donors (Lipinski definition) is 1. The summed E-state index contributed by atoms with van der Waals surface area (Å²) in [6, 6.07) is 5.92. The second-order valence-electron chi connectivity index (χ2n) is 5.09. The highest BCUT2D eigenvalue weighted by molar-refractivity contribution is 5.42. The van der Waals surface area contributed by atoms with Crippen LogP contribution < -0.4 is 5.32 Å². The van der Waals surface area contributed by atoms with Crippen LogP contribution in [0.1, 0.15) is 55.0 Å². The molecule has 1 aromatic rings. The highest BCUT2D eigenvalue weighted by Gasteiger charge is 2.25. The summed E-state index contributed by atoms with van der Waals surface area (Å²) >= 11 is 0. The molecule has 1 aromatic carbocycles. The number of nitrogens with one attached hydrogen (secondary N) is 1. The zero-order chi connectivity index (χ0) is 11.7. The van der Waals surface area contributed by atoms with E-state index >= 15 is 0 Å². The van der Waals surface area contributed by atoms with Gasteiger partial charge in [0, 0.05) is 12.1 Å². The van der Waals surface area contributed by atoms with Crippen molar-refractivity contribution in [2.45, 2.75) is 59.0 Å². The quantitative estimate of drug-likeness (QED) is 0.797. The summed E-state index contributed by atoms with van der Waals surface area (Å²) in [7, 11) is 0. The lowest BCUT2D eigenvalue weighted by Gasteiger charge is -2.33. The first-order valence-electron chi connectivity index (χ1n) is 6.51. The van der Waals surface area contributed by atoms with E-state index in [4.69, 9.17) is 0 Å². The maximum absolute atomic E-state index is 3.76. The van der Waals surface area contributed by atoms with Gasteiger partial charge in [0.05, 0.1) is 0 Å². The molecule has 1 aliphatic rings. The largest absolute Gasteiger partial charge is 0.307 e. The van der Waals surface area contributed by atoms with Crippen LogP contribution in [0.25, 0.3) is 0 Å². The number of hydrogen-bond acceptors (Lipinski definition) is 1. The van der Waals surface area contributed by atoms with Gasteiger partial charge < -0.3 is 5.32 Å². The lowest BCUT2D eigenvalue weighted by Crippen LogP contribution is -2.39. The summed E-state index contributed by atoms with van der Waals surface area (Å²) in [5.41, 5.74) is 6.02. The van der Waals surface area contributed by atoms with Gasteiger partial charge in [-0.05, 0) is 49.8 Å². The molecule has 1 heterocycles. The minimum absolute atomic E-state index is 0.562. The van der Waals surface area contributed by atoms with E-state index in [2.05, 4.69) is 45.1 Å². The standard InChI is InChI=1S/C15H23N/c1-5-12-9-13-11(4)7-10(3)8-14(13)15(6-2)16-12/h7-8,12,15-16H,5-6,9H2,1-4H3. The Hall–Kier alpha value is -0.820. The molecule has 1 nitrogen and oxygen atoms in total. The Bertz CT molecular complexity index is 381. The number of aryl methyl sites for hydroxylation is 2. The Balaban J connectivity index is 2.45. The highest BCUT2D eigenvalue weighted by atomic mass is 15.0. The van der Waals surface area contributed by atoms with E-state index < -0.39 is 0 Å². The summed E-state index contributed by atoms with van der Waals surface area (Å²) in [4.78, 5) is 0. The maximum atomic E-state index is 3.76. The van der Waals surface area contributed by atoms with E-state index in [0.29, 0.717) is 12.1 Å². The smallest absolute Gasteiger partial charge is 0.0323 e. The summed E-state index contributed by atoms with van der Waals surface area (Å²) < 4.78 is 0. The summed E-state index contributed by atoms with van der Waals surface area (Å²) in [5, 5.41) is 3.76. The molecule has 0 saturated carbocycles. The first kappa shape index (κ1) is 11.7. The van der Waals surface area contributed by atoms with Crippen LogP contribution in [0, 0.1) is 13.8 Å². The van der Waals surface area contributed by atoms with E-state index in [9.17, 15) is 0 Å². The molecule has 0 spiro atoms. The van der Waals surface area contributed by atoms with Crippen LogP contribution in [0.5, 0.6) is 0 Å². The zero-order valence-electron chi connectivity index (χ0n) is 10.9. The predicted octanol–water partition coefficient (Wildman–Crippen LogP) is 3.68. The molecule has 2 atom stereocenters. The third kappa shape index (κ3) is 2.01. The van der Waals surface area contributed by atoms with Gasteiger partial charge in [-0.1, -0.05) is 31.5 Å². The van der Waals surface area contributed by atoms with Crippen LogP contribution in [-0.2, 0) is 6.42 Å². The van der Waals surface area contributed by atoms with Crippen LogP contribution in [0.15, 0.2) is 12.1 Å². The molecule has 2 rings (SSSR count). The van der Waals surface area contributed by atoms with Crippen molar-refractivity contribution in [3.8, 4) is 0 Å². The second kappa shape index (κ2) is 4.58. The minimum atomic E-state index is 0.562. The van der Waals surface area contributed by atoms with Crippen molar-refractivity contribution in [2.75, 3.05) is 0 Å². The molecular formula is C15H23N. The van der Waals surface area contributed by atoms with Gasteiger partial charge >= 0.3 is 0 Å². The van der Waals surface area contributed by atoms with Gasteiger partial charge in [0.2, 0.25) is 0 Å². The Labute approximate surface area is 99.3 Å². The van der Waals surface area contributed by atoms with E-state index in [1.165, 1.54) is 30.4 Å². The fourth-order valence-electron chi connectivity index (χ4n) is 2.90.